The van der Waals surface area contributed by atoms with Crippen molar-refractivity contribution >= 4 is 38.8 Å². The Morgan fingerprint density at radius 1 is 1.09 bits per heavy atom. The standard InChI is InChI=1S/C25H20N4O2S/c1-15-3-9-22-23(11-15)32-25(29-22)17-4-6-19(7-5-17)27-14-18(13-26)24(31)28-21-10-8-20(30)12-16(21)2/h3-12,14,27,30H,1-2H3,(H,28,31)/b18-14-. The van der Waals surface area contributed by atoms with Gasteiger partial charge in [0.15, 0.2) is 0 Å². The van der Waals surface area contributed by atoms with Crippen LogP contribution in [-0.2, 0) is 4.79 Å². The minimum atomic E-state index is -0.532. The zero-order valence-electron chi connectivity index (χ0n) is 17.5. The van der Waals surface area contributed by atoms with Gasteiger partial charge in [-0.1, -0.05) is 6.07 Å². The van der Waals surface area contributed by atoms with Crippen LogP contribution < -0.4 is 10.6 Å². The highest BCUT2D eigenvalue weighted by Gasteiger charge is 2.11. The molecular formula is C25H20N4O2S. The van der Waals surface area contributed by atoms with Crippen molar-refractivity contribution in [3.05, 3.63) is 83.6 Å². The molecule has 0 fully saturated rings. The van der Waals surface area contributed by atoms with Gasteiger partial charge in [-0.15, -0.1) is 11.3 Å². The summed E-state index contributed by atoms with van der Waals surface area (Å²) < 4.78 is 1.15. The number of aromatic nitrogens is 1. The van der Waals surface area contributed by atoms with Crippen LogP contribution in [0.1, 0.15) is 11.1 Å². The molecule has 0 aliphatic rings. The normalized spacial score (nSPS) is 11.2. The third-order valence-corrected chi connectivity index (χ3v) is 5.95. The van der Waals surface area contributed by atoms with E-state index < -0.39 is 5.91 Å². The largest absolute Gasteiger partial charge is 0.508 e. The Bertz CT molecular complexity index is 1380. The summed E-state index contributed by atoms with van der Waals surface area (Å²) in [6.07, 6.45) is 1.38. The number of rotatable bonds is 5. The summed E-state index contributed by atoms with van der Waals surface area (Å²) in [6, 6.07) is 20.4. The quantitative estimate of drug-likeness (QED) is 0.209. The fraction of sp³-hybridized carbons (Fsp3) is 0.0800. The smallest absolute Gasteiger partial charge is 0.267 e. The molecule has 6 nitrogen and oxygen atoms in total. The van der Waals surface area contributed by atoms with E-state index in [-0.39, 0.29) is 11.3 Å². The molecule has 3 aromatic carbocycles. The number of nitrogens with zero attached hydrogens (tertiary/aromatic N) is 2. The molecule has 1 aromatic heterocycles. The summed E-state index contributed by atoms with van der Waals surface area (Å²) in [5.74, 6) is -0.419. The Labute approximate surface area is 189 Å². The molecule has 0 saturated carbocycles. The minimum absolute atomic E-state index is 0.0666. The molecule has 0 bridgehead atoms. The summed E-state index contributed by atoms with van der Waals surface area (Å²) >= 11 is 1.64. The monoisotopic (exact) mass is 440 g/mol. The maximum absolute atomic E-state index is 12.4. The van der Waals surface area contributed by atoms with Gasteiger partial charge in [-0.3, -0.25) is 4.79 Å². The number of hydrogen-bond acceptors (Lipinski definition) is 6. The molecule has 1 amide bonds. The van der Waals surface area contributed by atoms with E-state index in [1.54, 1.807) is 24.3 Å². The summed E-state index contributed by atoms with van der Waals surface area (Å²) in [6.45, 7) is 3.83. The number of carbonyl (C=O) groups excluding carboxylic acids is 1. The molecule has 0 radical (unpaired) electrons. The molecule has 7 heteroatoms. The van der Waals surface area contributed by atoms with Crippen molar-refractivity contribution in [2.24, 2.45) is 0 Å². The number of phenolic OH excluding ortho intramolecular Hbond substituents is 1. The van der Waals surface area contributed by atoms with Gasteiger partial charge in [-0.25, -0.2) is 4.98 Å². The number of aryl methyl sites for hydroxylation is 2. The molecular weight excluding hydrogens is 420 g/mol. The number of aromatic hydroxyl groups is 1. The van der Waals surface area contributed by atoms with Gasteiger partial charge in [0.25, 0.3) is 5.91 Å². The van der Waals surface area contributed by atoms with Crippen LogP contribution in [0.3, 0.4) is 0 Å². The van der Waals surface area contributed by atoms with E-state index in [2.05, 4.69) is 29.7 Å². The van der Waals surface area contributed by atoms with Gasteiger partial charge in [0.1, 0.15) is 22.4 Å². The lowest BCUT2D eigenvalue weighted by molar-refractivity contribution is -0.112. The molecule has 0 saturated heterocycles. The zero-order chi connectivity index (χ0) is 22.7. The number of thiazole rings is 1. The maximum Gasteiger partial charge on any atom is 0.267 e. The van der Waals surface area contributed by atoms with E-state index in [1.165, 1.54) is 23.9 Å². The number of hydrogen-bond donors (Lipinski definition) is 3. The van der Waals surface area contributed by atoms with Gasteiger partial charge in [-0.05, 0) is 79.6 Å². The highest BCUT2D eigenvalue weighted by Crippen LogP contribution is 2.31. The molecule has 0 atom stereocenters. The third-order valence-electron chi connectivity index (χ3n) is 4.88. The molecule has 0 spiro atoms. The second-order valence-corrected chi connectivity index (χ2v) is 8.37. The van der Waals surface area contributed by atoms with Crippen LogP contribution in [0.5, 0.6) is 5.75 Å². The second kappa shape index (κ2) is 8.92. The minimum Gasteiger partial charge on any atom is -0.508 e. The molecule has 0 unspecified atom stereocenters. The fourth-order valence-corrected chi connectivity index (χ4v) is 4.22. The van der Waals surface area contributed by atoms with Crippen molar-refractivity contribution in [1.29, 1.82) is 5.26 Å². The van der Waals surface area contributed by atoms with Crippen LogP contribution in [0.2, 0.25) is 0 Å². The lowest BCUT2D eigenvalue weighted by Crippen LogP contribution is -2.15. The predicted octanol–water partition coefficient (Wildman–Crippen LogP) is 5.74. The summed E-state index contributed by atoms with van der Waals surface area (Å²) in [7, 11) is 0. The SMILES string of the molecule is Cc1ccc2nc(-c3ccc(N/C=C(/C#N)C(=O)Nc4ccc(O)cc4C)cc3)sc2c1. The summed E-state index contributed by atoms with van der Waals surface area (Å²) in [5.41, 5.74) is 5.09. The second-order valence-electron chi connectivity index (χ2n) is 7.34. The number of benzene rings is 3. The first-order valence-corrected chi connectivity index (χ1v) is 10.7. The first-order chi connectivity index (χ1) is 15.4. The molecule has 32 heavy (non-hydrogen) atoms. The van der Waals surface area contributed by atoms with Gasteiger partial charge in [0.05, 0.1) is 10.2 Å². The zero-order valence-corrected chi connectivity index (χ0v) is 18.3. The Morgan fingerprint density at radius 2 is 1.88 bits per heavy atom. The van der Waals surface area contributed by atoms with Crippen LogP contribution in [0.25, 0.3) is 20.8 Å². The van der Waals surface area contributed by atoms with Crippen molar-refractivity contribution in [1.82, 2.24) is 4.98 Å². The molecule has 4 rings (SSSR count). The van der Waals surface area contributed by atoms with Gasteiger partial charge >= 0.3 is 0 Å². The third kappa shape index (κ3) is 4.61. The van der Waals surface area contributed by atoms with Crippen LogP contribution >= 0.6 is 11.3 Å². The van der Waals surface area contributed by atoms with E-state index >= 15 is 0 Å². The van der Waals surface area contributed by atoms with Crippen LogP contribution in [-0.4, -0.2) is 16.0 Å². The average molecular weight is 441 g/mol. The number of phenols is 1. The Hall–Kier alpha value is -4.15. The number of carbonyl (C=O) groups is 1. The summed E-state index contributed by atoms with van der Waals surface area (Å²) in [4.78, 5) is 17.1. The first-order valence-electron chi connectivity index (χ1n) is 9.88. The molecule has 1 heterocycles. The van der Waals surface area contributed by atoms with Crippen molar-refractivity contribution in [3.8, 4) is 22.4 Å². The van der Waals surface area contributed by atoms with Crippen molar-refractivity contribution in [2.45, 2.75) is 13.8 Å². The van der Waals surface area contributed by atoms with Crippen molar-refractivity contribution in [3.63, 3.8) is 0 Å². The highest BCUT2D eigenvalue weighted by atomic mass is 32.1. The van der Waals surface area contributed by atoms with Gasteiger partial charge < -0.3 is 15.7 Å². The average Bonchev–Trinajstić information content (AvgIpc) is 3.20. The molecule has 3 N–H and O–H groups in total. The Morgan fingerprint density at radius 3 is 2.59 bits per heavy atom. The number of anilines is 2. The van der Waals surface area contributed by atoms with E-state index in [9.17, 15) is 15.2 Å². The number of nitrogens with one attached hydrogen (secondary N) is 2. The van der Waals surface area contributed by atoms with E-state index in [1.807, 2.05) is 36.4 Å². The number of fused-ring (bicyclic) bond motifs is 1. The van der Waals surface area contributed by atoms with Gasteiger partial charge in [0, 0.05) is 23.1 Å². The number of nitriles is 1. The first kappa shape index (κ1) is 21.1. The lowest BCUT2D eigenvalue weighted by atomic mass is 10.1. The Kier molecular flexibility index (Phi) is 5.88. The fourth-order valence-electron chi connectivity index (χ4n) is 3.15. The van der Waals surface area contributed by atoms with Crippen molar-refractivity contribution in [2.75, 3.05) is 10.6 Å². The highest BCUT2D eigenvalue weighted by molar-refractivity contribution is 7.21. The summed E-state index contributed by atoms with van der Waals surface area (Å²) in [5, 5.41) is 25.5. The van der Waals surface area contributed by atoms with E-state index in [4.69, 9.17) is 4.98 Å². The molecule has 4 aromatic rings. The van der Waals surface area contributed by atoms with Crippen LogP contribution in [0.4, 0.5) is 11.4 Å². The molecule has 0 aliphatic heterocycles. The predicted molar refractivity (Wildman–Crippen MR) is 129 cm³/mol. The van der Waals surface area contributed by atoms with Crippen molar-refractivity contribution < 1.29 is 9.90 Å². The Balaban J connectivity index is 1.46. The number of amides is 1. The molecule has 0 aliphatic carbocycles. The van der Waals surface area contributed by atoms with Gasteiger partial charge in [0.2, 0.25) is 0 Å². The van der Waals surface area contributed by atoms with E-state index in [0.717, 1.165) is 26.5 Å². The topological polar surface area (TPSA) is 98.0 Å². The van der Waals surface area contributed by atoms with Crippen LogP contribution in [0, 0.1) is 25.2 Å². The molecule has 158 valence electrons. The van der Waals surface area contributed by atoms with E-state index in [0.29, 0.717) is 11.3 Å². The lowest BCUT2D eigenvalue weighted by Gasteiger charge is -2.08. The maximum atomic E-state index is 12.4. The van der Waals surface area contributed by atoms with Crippen LogP contribution in [0.15, 0.2) is 72.4 Å². The van der Waals surface area contributed by atoms with Gasteiger partial charge in [-0.2, -0.15) is 5.26 Å².